The van der Waals surface area contributed by atoms with E-state index in [1.165, 1.54) is 104 Å². The van der Waals surface area contributed by atoms with E-state index in [0.29, 0.717) is 0 Å². The van der Waals surface area contributed by atoms with E-state index in [1.54, 1.807) is 11.3 Å². The standard InChI is InChI=1S/C71H53N3OS/c1-70(2)59-25-12-8-21-51(59)53-35-33-49(40-61(53)70)73-63-27-14-10-23-55(63)58-42-57(45-29-31-47(32-30-45)72(48-20-16-17-44(39-48)43-75)66-38-37-65(76-66)46-18-6-5-7-19-46)67-56-24-11-15-28-64(56)74(69(67)68(58)73)50-34-36-54-52-22-9-13-26-60(52)71(3,4)62(54)41-50/h5-42,75H,43H2,1-4H3. The van der Waals surface area contributed by atoms with E-state index >= 15 is 0 Å². The molecule has 1 N–H and O–H groups in total. The lowest BCUT2D eigenvalue weighted by Crippen LogP contribution is -2.15. The van der Waals surface area contributed by atoms with Crippen LogP contribution in [0, 0.1) is 0 Å². The van der Waals surface area contributed by atoms with Crippen LogP contribution in [0.2, 0.25) is 0 Å². The van der Waals surface area contributed by atoms with Crippen molar-refractivity contribution in [2.45, 2.75) is 45.1 Å². The highest BCUT2D eigenvalue weighted by molar-refractivity contribution is 7.19. The number of anilines is 3. The molecule has 76 heavy (non-hydrogen) atoms. The molecule has 3 heterocycles. The van der Waals surface area contributed by atoms with Crippen molar-refractivity contribution >= 4 is 71.3 Å². The monoisotopic (exact) mass is 995 g/mol. The molecule has 0 bridgehead atoms. The third-order valence-corrected chi connectivity index (χ3v) is 18.0. The number of aromatic nitrogens is 2. The topological polar surface area (TPSA) is 33.3 Å². The van der Waals surface area contributed by atoms with Gasteiger partial charge in [0, 0.05) is 60.0 Å². The Morgan fingerprint density at radius 1 is 0.408 bits per heavy atom. The second kappa shape index (κ2) is 16.6. The first-order valence-electron chi connectivity index (χ1n) is 26.4. The number of aliphatic hydroxyl groups excluding tert-OH is 1. The molecule has 10 aromatic carbocycles. The average Bonchev–Trinajstić information content (AvgIpc) is 4.46. The number of rotatable bonds is 8. The highest BCUT2D eigenvalue weighted by Crippen LogP contribution is 2.53. The summed E-state index contributed by atoms with van der Waals surface area (Å²) in [5.41, 5.74) is 23.8. The minimum atomic E-state index is -0.174. The van der Waals surface area contributed by atoms with Crippen LogP contribution < -0.4 is 4.90 Å². The van der Waals surface area contributed by atoms with Gasteiger partial charge in [0.2, 0.25) is 0 Å². The molecule has 2 aliphatic carbocycles. The molecule has 2 aliphatic rings. The summed E-state index contributed by atoms with van der Waals surface area (Å²) in [4.78, 5) is 3.52. The van der Waals surface area contributed by atoms with E-state index in [0.717, 1.165) is 38.9 Å². The van der Waals surface area contributed by atoms with Crippen molar-refractivity contribution in [3.63, 3.8) is 0 Å². The third kappa shape index (κ3) is 6.46. The maximum Gasteiger partial charge on any atom is 0.101 e. The normalized spacial score (nSPS) is 13.9. The minimum absolute atomic E-state index is 0.0294. The van der Waals surface area contributed by atoms with Gasteiger partial charge >= 0.3 is 0 Å². The molecule has 5 heteroatoms. The molecule has 364 valence electrons. The van der Waals surface area contributed by atoms with E-state index in [2.05, 4.69) is 260 Å². The van der Waals surface area contributed by atoms with Crippen LogP contribution >= 0.6 is 11.3 Å². The van der Waals surface area contributed by atoms with Gasteiger partial charge in [0.05, 0.1) is 28.7 Å². The number of benzene rings is 10. The van der Waals surface area contributed by atoms with Crippen molar-refractivity contribution in [3.8, 4) is 55.2 Å². The molecule has 4 nitrogen and oxygen atoms in total. The van der Waals surface area contributed by atoms with Gasteiger partial charge < -0.3 is 19.1 Å². The fourth-order valence-corrected chi connectivity index (χ4v) is 14.3. The number of thiophene rings is 1. The van der Waals surface area contributed by atoms with Gasteiger partial charge in [-0.2, -0.15) is 0 Å². The fraction of sp³-hybridized carbons (Fsp3) is 0.0986. The second-order valence-electron chi connectivity index (χ2n) is 21.8. The van der Waals surface area contributed by atoms with Crippen LogP contribution in [0.25, 0.3) is 98.8 Å². The average molecular weight is 996 g/mol. The molecule has 15 rings (SSSR count). The first kappa shape index (κ1) is 44.7. The molecular weight excluding hydrogens is 943 g/mol. The Labute approximate surface area is 446 Å². The molecule has 0 saturated heterocycles. The summed E-state index contributed by atoms with van der Waals surface area (Å²) in [6.45, 7) is 9.48. The van der Waals surface area contributed by atoms with Crippen LogP contribution in [0.5, 0.6) is 0 Å². The van der Waals surface area contributed by atoms with Crippen LogP contribution in [0.4, 0.5) is 16.4 Å². The van der Waals surface area contributed by atoms with Gasteiger partial charge in [-0.15, -0.1) is 11.3 Å². The Bertz CT molecular complexity index is 4510. The SMILES string of the molecule is CC1(C)c2ccccc2-c2ccc(-n3c4ccccc4c4cc(-c5ccc(N(c6cccc(CO)c6)c6ccc(-c7ccccc7)s6)cc5)c5c6ccccc6n(-c6ccc7c(c6)C(C)(C)c6ccccc6-7)c5c43)cc21. The molecule has 0 fully saturated rings. The highest BCUT2D eigenvalue weighted by atomic mass is 32.1. The van der Waals surface area contributed by atoms with Crippen molar-refractivity contribution in [3.05, 3.63) is 258 Å². The van der Waals surface area contributed by atoms with Crippen molar-refractivity contribution in [2.24, 2.45) is 0 Å². The Hall–Kier alpha value is -8.74. The van der Waals surface area contributed by atoms with Crippen LogP contribution in [0.1, 0.15) is 55.5 Å². The summed E-state index contributed by atoms with van der Waals surface area (Å²) in [6, 6.07) is 85.2. The van der Waals surface area contributed by atoms with E-state index in [-0.39, 0.29) is 17.4 Å². The predicted molar refractivity (Wildman–Crippen MR) is 320 cm³/mol. The zero-order valence-corrected chi connectivity index (χ0v) is 43.7. The minimum Gasteiger partial charge on any atom is -0.392 e. The first-order chi connectivity index (χ1) is 37.2. The lowest BCUT2D eigenvalue weighted by Gasteiger charge is -2.24. The molecule has 3 aromatic heterocycles. The van der Waals surface area contributed by atoms with Crippen molar-refractivity contribution in [2.75, 3.05) is 4.90 Å². The van der Waals surface area contributed by atoms with Crippen LogP contribution in [0.3, 0.4) is 0 Å². The van der Waals surface area contributed by atoms with E-state index in [1.807, 2.05) is 12.1 Å². The molecular formula is C71H53N3OS. The lowest BCUT2D eigenvalue weighted by atomic mass is 9.82. The van der Waals surface area contributed by atoms with Gasteiger partial charge in [-0.05, 0) is 146 Å². The number of fused-ring (bicyclic) bond motifs is 13. The Balaban J connectivity index is 1.00. The molecule has 0 atom stereocenters. The van der Waals surface area contributed by atoms with E-state index < -0.39 is 0 Å². The van der Waals surface area contributed by atoms with Gasteiger partial charge in [0.15, 0.2) is 0 Å². The van der Waals surface area contributed by atoms with Crippen molar-refractivity contribution < 1.29 is 5.11 Å². The Kier molecular flexibility index (Phi) is 9.79. The lowest BCUT2D eigenvalue weighted by molar-refractivity contribution is 0.282. The highest BCUT2D eigenvalue weighted by Gasteiger charge is 2.37. The summed E-state index contributed by atoms with van der Waals surface area (Å²) in [7, 11) is 0. The maximum absolute atomic E-state index is 10.3. The largest absolute Gasteiger partial charge is 0.392 e. The number of hydrogen-bond donors (Lipinski definition) is 1. The first-order valence-corrected chi connectivity index (χ1v) is 27.2. The van der Waals surface area contributed by atoms with Crippen LogP contribution in [-0.4, -0.2) is 14.2 Å². The quantitative estimate of drug-likeness (QED) is 0.165. The van der Waals surface area contributed by atoms with Gasteiger partial charge in [0.1, 0.15) is 5.00 Å². The number of aliphatic hydroxyl groups is 1. The van der Waals surface area contributed by atoms with E-state index in [9.17, 15) is 5.11 Å². The zero-order chi connectivity index (χ0) is 51.0. The summed E-state index contributed by atoms with van der Waals surface area (Å²) in [5, 5.41) is 16.3. The summed E-state index contributed by atoms with van der Waals surface area (Å²) in [5.74, 6) is 0. The third-order valence-electron chi connectivity index (χ3n) is 16.9. The Morgan fingerprint density at radius 2 is 0.974 bits per heavy atom. The van der Waals surface area contributed by atoms with Gasteiger partial charge in [-0.1, -0.05) is 179 Å². The van der Waals surface area contributed by atoms with Crippen LogP contribution in [0.15, 0.2) is 231 Å². The van der Waals surface area contributed by atoms with E-state index in [4.69, 9.17) is 0 Å². The summed E-state index contributed by atoms with van der Waals surface area (Å²) in [6.07, 6.45) is 0. The van der Waals surface area contributed by atoms with Gasteiger partial charge in [-0.3, -0.25) is 0 Å². The molecule has 0 unspecified atom stereocenters. The fourth-order valence-electron chi connectivity index (χ4n) is 13.2. The van der Waals surface area contributed by atoms with Gasteiger partial charge in [-0.25, -0.2) is 0 Å². The second-order valence-corrected chi connectivity index (χ2v) is 22.8. The maximum atomic E-state index is 10.3. The van der Waals surface area contributed by atoms with Crippen molar-refractivity contribution in [1.29, 1.82) is 0 Å². The van der Waals surface area contributed by atoms with Gasteiger partial charge in [0.25, 0.3) is 0 Å². The molecule has 0 radical (unpaired) electrons. The molecule has 13 aromatic rings. The smallest absolute Gasteiger partial charge is 0.101 e. The molecule has 0 spiro atoms. The summed E-state index contributed by atoms with van der Waals surface area (Å²) >= 11 is 1.77. The molecule has 0 saturated carbocycles. The zero-order valence-electron chi connectivity index (χ0n) is 42.8. The number of para-hydroxylation sites is 2. The predicted octanol–water partition coefficient (Wildman–Crippen LogP) is 18.9. The Morgan fingerprint density at radius 3 is 1.63 bits per heavy atom. The van der Waals surface area contributed by atoms with Crippen LogP contribution in [-0.2, 0) is 17.4 Å². The number of hydrogen-bond acceptors (Lipinski definition) is 3. The molecule has 0 amide bonds. The molecule has 0 aliphatic heterocycles. The van der Waals surface area contributed by atoms with Crippen molar-refractivity contribution in [1.82, 2.24) is 9.13 Å². The summed E-state index contributed by atoms with van der Waals surface area (Å²) < 4.78 is 5.13. The number of nitrogens with zero attached hydrogens (tertiary/aromatic N) is 3.